The summed E-state index contributed by atoms with van der Waals surface area (Å²) < 4.78 is 24.7. The van der Waals surface area contributed by atoms with Crippen LogP contribution in [0.5, 0.6) is 5.75 Å². The van der Waals surface area contributed by atoms with Crippen molar-refractivity contribution < 1.29 is 8.63 Å². The molecule has 6 heteroatoms. The van der Waals surface area contributed by atoms with Gasteiger partial charge in [-0.15, -0.1) is 0 Å². The van der Waals surface area contributed by atoms with E-state index in [2.05, 4.69) is 171 Å². The lowest BCUT2D eigenvalue weighted by atomic mass is 10.1. The van der Waals surface area contributed by atoms with Crippen LogP contribution in [0, 0.1) is 0 Å². The topological polar surface area (TPSA) is 38.3 Å². The van der Waals surface area contributed by atoms with Gasteiger partial charge in [-0.3, -0.25) is 0 Å². The van der Waals surface area contributed by atoms with Crippen LogP contribution in [-0.2, 0) is 11.0 Å². The molecule has 5 aromatic rings. The Morgan fingerprint density at radius 1 is 0.630 bits per heavy atom. The molecule has 0 aromatic heterocycles. The zero-order chi connectivity index (χ0) is 32.8. The maximum atomic E-state index is 13.9. The second kappa shape index (κ2) is 14.6. The Morgan fingerprint density at radius 3 is 1.48 bits per heavy atom. The third-order valence-corrected chi connectivity index (χ3v) is 17.4. The molecule has 46 heavy (non-hydrogen) atoms. The SMILES string of the molecule is CC(C)(C)S(=O)N[C@@H](CP(c1ccccc1)c1ccccc1)c1ccccc1O[Si](c1ccccc1)(c1ccccc1)C(C)(C)C. The Bertz CT molecular complexity index is 1630. The molecular formula is C40H46NO2PSSi. The summed E-state index contributed by atoms with van der Waals surface area (Å²) in [5.74, 6) is 0.844. The summed E-state index contributed by atoms with van der Waals surface area (Å²) in [6.07, 6.45) is 0.770. The minimum atomic E-state index is -2.91. The number of para-hydroxylation sites is 1. The Balaban J connectivity index is 1.68. The van der Waals surface area contributed by atoms with Crippen LogP contribution >= 0.6 is 7.92 Å². The average molecular weight is 664 g/mol. The molecule has 1 N–H and O–H groups in total. The minimum absolute atomic E-state index is 0.194. The van der Waals surface area contributed by atoms with Gasteiger partial charge in [0, 0.05) is 5.56 Å². The van der Waals surface area contributed by atoms with Gasteiger partial charge < -0.3 is 4.43 Å². The van der Waals surface area contributed by atoms with Crippen LogP contribution in [-0.4, -0.2) is 23.4 Å². The zero-order valence-electron chi connectivity index (χ0n) is 27.8. The minimum Gasteiger partial charge on any atom is -0.534 e. The molecule has 5 rings (SSSR count). The number of hydrogen-bond acceptors (Lipinski definition) is 2. The van der Waals surface area contributed by atoms with Gasteiger partial charge in [0.2, 0.25) is 0 Å². The van der Waals surface area contributed by atoms with Crippen LogP contribution in [0.2, 0.25) is 5.04 Å². The first-order valence-corrected chi connectivity index (χ1v) is 20.5. The molecule has 0 fully saturated rings. The highest BCUT2D eigenvalue weighted by Crippen LogP contribution is 2.43. The molecule has 3 nitrogen and oxygen atoms in total. The Kier molecular flexibility index (Phi) is 10.8. The predicted octanol–water partition coefficient (Wildman–Crippen LogP) is 7.85. The van der Waals surface area contributed by atoms with Gasteiger partial charge >= 0.3 is 8.32 Å². The summed E-state index contributed by atoms with van der Waals surface area (Å²) in [6, 6.07) is 51.2. The van der Waals surface area contributed by atoms with Crippen LogP contribution in [0.15, 0.2) is 146 Å². The van der Waals surface area contributed by atoms with Crippen molar-refractivity contribution >= 4 is 48.2 Å². The van der Waals surface area contributed by atoms with Crippen LogP contribution < -0.4 is 30.1 Å². The normalized spacial score (nSPS) is 13.7. The second-order valence-electron chi connectivity index (χ2n) is 13.6. The van der Waals surface area contributed by atoms with Crippen molar-refractivity contribution in [2.75, 3.05) is 6.16 Å². The van der Waals surface area contributed by atoms with Crippen molar-refractivity contribution in [2.45, 2.75) is 57.4 Å². The number of rotatable bonds is 11. The van der Waals surface area contributed by atoms with Gasteiger partial charge in [-0.05, 0) is 66.9 Å². The largest absolute Gasteiger partial charge is 0.534 e. The monoisotopic (exact) mass is 663 g/mol. The van der Waals surface area contributed by atoms with Gasteiger partial charge in [0.25, 0.3) is 0 Å². The quantitative estimate of drug-likeness (QED) is 0.116. The van der Waals surface area contributed by atoms with Gasteiger partial charge in [0.1, 0.15) is 5.75 Å². The van der Waals surface area contributed by atoms with Crippen molar-refractivity contribution in [1.29, 1.82) is 0 Å². The lowest BCUT2D eigenvalue weighted by Gasteiger charge is -2.43. The first-order valence-electron chi connectivity index (χ1n) is 16.0. The number of nitrogens with one attached hydrogen (secondary N) is 1. The average Bonchev–Trinajstić information content (AvgIpc) is 3.06. The van der Waals surface area contributed by atoms with E-state index in [1.807, 2.05) is 20.8 Å². The first kappa shape index (κ1) is 34.0. The summed E-state index contributed by atoms with van der Waals surface area (Å²) in [5, 5.41) is 4.84. The Morgan fingerprint density at radius 2 is 1.04 bits per heavy atom. The summed E-state index contributed by atoms with van der Waals surface area (Å²) in [5.41, 5.74) is 1.03. The Labute approximate surface area is 280 Å². The van der Waals surface area contributed by atoms with Crippen molar-refractivity contribution in [3.8, 4) is 5.75 Å². The lowest BCUT2D eigenvalue weighted by Crippen LogP contribution is -2.69. The fraction of sp³-hybridized carbons (Fsp3) is 0.250. The molecule has 0 saturated carbocycles. The van der Waals surface area contributed by atoms with E-state index in [9.17, 15) is 4.21 Å². The van der Waals surface area contributed by atoms with E-state index >= 15 is 0 Å². The van der Waals surface area contributed by atoms with Crippen molar-refractivity contribution in [3.05, 3.63) is 151 Å². The van der Waals surface area contributed by atoms with E-state index in [0.29, 0.717) is 0 Å². The maximum Gasteiger partial charge on any atom is 0.319 e. The molecule has 0 aliphatic carbocycles. The van der Waals surface area contributed by atoms with Gasteiger partial charge in [0.15, 0.2) is 0 Å². The molecular weight excluding hydrogens is 618 g/mol. The Hall–Kier alpha value is -3.34. The molecule has 0 radical (unpaired) electrons. The predicted molar refractivity (Wildman–Crippen MR) is 202 cm³/mol. The van der Waals surface area contributed by atoms with E-state index in [-0.39, 0.29) is 11.1 Å². The molecule has 238 valence electrons. The third-order valence-electron chi connectivity index (χ3n) is 8.28. The molecule has 0 spiro atoms. The smallest absolute Gasteiger partial charge is 0.319 e. The molecule has 0 bridgehead atoms. The molecule has 2 atom stereocenters. The molecule has 0 heterocycles. The van der Waals surface area contributed by atoms with E-state index in [1.165, 1.54) is 21.0 Å². The van der Waals surface area contributed by atoms with Gasteiger partial charge in [0.05, 0.1) is 21.8 Å². The first-order chi connectivity index (χ1) is 22.0. The van der Waals surface area contributed by atoms with Crippen LogP contribution in [0.3, 0.4) is 0 Å². The van der Waals surface area contributed by atoms with Crippen LogP contribution in [0.25, 0.3) is 0 Å². The van der Waals surface area contributed by atoms with E-state index in [1.54, 1.807) is 0 Å². The summed E-state index contributed by atoms with van der Waals surface area (Å²) >= 11 is 0. The van der Waals surface area contributed by atoms with E-state index in [0.717, 1.165) is 17.5 Å². The zero-order valence-corrected chi connectivity index (χ0v) is 30.5. The summed E-state index contributed by atoms with van der Waals surface area (Å²) in [4.78, 5) is 0. The molecule has 0 saturated heterocycles. The van der Waals surface area contributed by atoms with Crippen LogP contribution in [0.1, 0.15) is 53.1 Å². The van der Waals surface area contributed by atoms with Gasteiger partial charge in [-0.1, -0.05) is 160 Å². The lowest BCUT2D eigenvalue weighted by molar-refractivity contribution is 0.496. The van der Waals surface area contributed by atoms with Crippen molar-refractivity contribution in [3.63, 3.8) is 0 Å². The second-order valence-corrected chi connectivity index (χ2v) is 22.1. The molecule has 0 aliphatic rings. The highest BCUT2D eigenvalue weighted by Gasteiger charge is 2.52. The molecule has 0 amide bonds. The van der Waals surface area contributed by atoms with Gasteiger partial charge in [-0.25, -0.2) is 8.93 Å². The molecule has 5 aromatic carbocycles. The van der Waals surface area contributed by atoms with E-state index in [4.69, 9.17) is 4.43 Å². The summed E-state index contributed by atoms with van der Waals surface area (Å²) in [7, 11) is -4.99. The van der Waals surface area contributed by atoms with Crippen LogP contribution in [0.4, 0.5) is 0 Å². The molecule has 0 aliphatic heterocycles. The standard InChI is InChI=1S/C40H46NO2PSSi/c1-39(2,3)45(42)41-37(31-44(32-21-11-7-12-22-32)33-23-13-8-14-24-33)36-29-19-20-30-38(36)43-46(40(4,5)6,34-25-15-9-16-26-34)35-27-17-10-18-28-35/h7-30,37,41H,31H2,1-6H3/t37-,45?/m0/s1. The van der Waals surface area contributed by atoms with Gasteiger partial charge in [-0.2, -0.15) is 0 Å². The van der Waals surface area contributed by atoms with E-state index < -0.39 is 32.0 Å². The highest BCUT2D eigenvalue weighted by molar-refractivity contribution is 7.84. The van der Waals surface area contributed by atoms with Crippen molar-refractivity contribution in [2.24, 2.45) is 0 Å². The summed E-state index contributed by atoms with van der Waals surface area (Å²) in [6.45, 7) is 13.0. The fourth-order valence-electron chi connectivity index (χ4n) is 5.94. The number of hydrogen-bond donors (Lipinski definition) is 1. The highest BCUT2D eigenvalue weighted by atomic mass is 32.2. The number of benzene rings is 5. The maximum absolute atomic E-state index is 13.9. The van der Waals surface area contributed by atoms with Crippen molar-refractivity contribution in [1.82, 2.24) is 4.72 Å². The molecule has 1 unspecified atom stereocenters. The third kappa shape index (κ3) is 7.61. The fourth-order valence-corrected chi connectivity index (χ4v) is 13.8.